The van der Waals surface area contributed by atoms with Gasteiger partial charge in [0.15, 0.2) is 0 Å². The summed E-state index contributed by atoms with van der Waals surface area (Å²) in [7, 11) is 0. The normalized spacial score (nSPS) is 11.4. The summed E-state index contributed by atoms with van der Waals surface area (Å²) >= 11 is 0. The number of hydrogen-bond donors (Lipinski definition) is 1. The van der Waals surface area contributed by atoms with E-state index in [0.29, 0.717) is 11.2 Å². The van der Waals surface area contributed by atoms with Crippen LogP contribution in [0.4, 0.5) is 15.0 Å². The summed E-state index contributed by atoms with van der Waals surface area (Å²) < 4.78 is 18.1. The number of hydrogen-bond acceptors (Lipinski definition) is 3. The van der Waals surface area contributed by atoms with Crippen LogP contribution in [0.15, 0.2) is 30.5 Å². The lowest BCUT2D eigenvalue weighted by atomic mass is 10.2. The molecule has 0 unspecified atom stereocenters. The number of halogens is 1. The lowest BCUT2D eigenvalue weighted by Gasteiger charge is -2.19. The number of amides is 1. The van der Waals surface area contributed by atoms with Gasteiger partial charge in [0.1, 0.15) is 17.2 Å². The smallest absolute Gasteiger partial charge is 0.413 e. The summed E-state index contributed by atoms with van der Waals surface area (Å²) in [6.07, 6.45) is 0.937. The fourth-order valence-electron chi connectivity index (χ4n) is 1.59. The van der Waals surface area contributed by atoms with E-state index < -0.39 is 11.7 Å². The molecule has 0 atom stereocenters. The largest absolute Gasteiger partial charge is 0.444 e. The molecule has 0 saturated carbocycles. The molecule has 19 heavy (non-hydrogen) atoms. The van der Waals surface area contributed by atoms with Gasteiger partial charge in [0.05, 0.1) is 0 Å². The number of carbonyl (C=O) groups is 1. The van der Waals surface area contributed by atoms with Crippen molar-refractivity contribution in [3.8, 4) is 0 Å². The average molecular weight is 262 g/mol. The number of nitrogens with zero attached hydrogens (tertiary/aromatic N) is 1. The van der Waals surface area contributed by atoms with E-state index in [2.05, 4.69) is 10.3 Å². The molecule has 2 rings (SSSR count). The lowest BCUT2D eigenvalue weighted by molar-refractivity contribution is 0.0635. The minimum Gasteiger partial charge on any atom is -0.444 e. The average Bonchev–Trinajstić information content (AvgIpc) is 2.26. The Hall–Kier alpha value is -2.17. The van der Waals surface area contributed by atoms with Gasteiger partial charge in [-0.25, -0.2) is 14.2 Å². The van der Waals surface area contributed by atoms with E-state index in [9.17, 15) is 9.18 Å². The van der Waals surface area contributed by atoms with E-state index >= 15 is 0 Å². The third-order valence-corrected chi connectivity index (χ3v) is 2.31. The molecule has 1 amide bonds. The number of pyridine rings is 1. The molecule has 0 spiro atoms. The Morgan fingerprint density at radius 3 is 2.68 bits per heavy atom. The number of rotatable bonds is 1. The highest BCUT2D eigenvalue weighted by molar-refractivity contribution is 5.89. The van der Waals surface area contributed by atoms with Crippen LogP contribution in [0.2, 0.25) is 0 Å². The van der Waals surface area contributed by atoms with E-state index in [1.165, 1.54) is 18.3 Å². The summed E-state index contributed by atoms with van der Waals surface area (Å²) in [5.41, 5.74) is -0.565. The maximum absolute atomic E-state index is 13.0. The van der Waals surface area contributed by atoms with Crippen molar-refractivity contribution in [2.75, 3.05) is 5.32 Å². The first kappa shape index (κ1) is 13.3. The van der Waals surface area contributed by atoms with Crippen molar-refractivity contribution in [1.29, 1.82) is 0 Å². The van der Waals surface area contributed by atoms with E-state index in [4.69, 9.17) is 4.74 Å². The van der Waals surface area contributed by atoms with Crippen LogP contribution in [0.5, 0.6) is 0 Å². The Morgan fingerprint density at radius 1 is 1.26 bits per heavy atom. The van der Waals surface area contributed by atoms with Gasteiger partial charge in [-0.2, -0.15) is 0 Å². The summed E-state index contributed by atoms with van der Waals surface area (Å²) in [5, 5.41) is 4.01. The van der Waals surface area contributed by atoms with Crippen LogP contribution in [0.3, 0.4) is 0 Å². The zero-order chi connectivity index (χ0) is 14.0. The van der Waals surface area contributed by atoms with Gasteiger partial charge in [-0.05, 0) is 44.4 Å². The highest BCUT2D eigenvalue weighted by atomic mass is 19.1. The predicted octanol–water partition coefficient (Wildman–Crippen LogP) is 3.72. The molecule has 1 aromatic heterocycles. The second kappa shape index (κ2) is 4.84. The van der Waals surface area contributed by atoms with Gasteiger partial charge in [0.25, 0.3) is 0 Å². The van der Waals surface area contributed by atoms with E-state index in [0.717, 1.165) is 5.39 Å². The molecule has 1 heterocycles. The van der Waals surface area contributed by atoms with Gasteiger partial charge in [-0.3, -0.25) is 5.32 Å². The molecule has 4 nitrogen and oxygen atoms in total. The first-order valence-electron chi connectivity index (χ1n) is 5.89. The summed E-state index contributed by atoms with van der Waals surface area (Å²) in [4.78, 5) is 15.6. The van der Waals surface area contributed by atoms with Gasteiger partial charge in [-0.1, -0.05) is 6.07 Å². The molecule has 1 N–H and O–H groups in total. The van der Waals surface area contributed by atoms with Crippen molar-refractivity contribution in [1.82, 2.24) is 4.98 Å². The van der Waals surface area contributed by atoms with Gasteiger partial charge < -0.3 is 4.74 Å². The molecule has 0 saturated heterocycles. The van der Waals surface area contributed by atoms with Crippen LogP contribution < -0.4 is 5.32 Å². The summed E-state index contributed by atoms with van der Waals surface area (Å²) in [5.74, 6) is 0.0514. The molecule has 1 aromatic carbocycles. The number of ether oxygens (including phenoxy) is 1. The minimum absolute atomic E-state index is 0.317. The lowest BCUT2D eigenvalue weighted by Crippen LogP contribution is -2.27. The molecular weight excluding hydrogens is 247 g/mol. The highest BCUT2D eigenvalue weighted by Gasteiger charge is 2.16. The number of nitrogens with one attached hydrogen (secondary N) is 1. The predicted molar refractivity (Wildman–Crippen MR) is 71.6 cm³/mol. The molecule has 0 aliphatic carbocycles. The molecule has 0 aliphatic heterocycles. The molecule has 0 radical (unpaired) electrons. The van der Waals surface area contributed by atoms with Crippen molar-refractivity contribution >= 4 is 22.7 Å². The van der Waals surface area contributed by atoms with E-state index in [1.807, 2.05) is 0 Å². The third-order valence-electron chi connectivity index (χ3n) is 2.31. The second-order valence-electron chi connectivity index (χ2n) is 5.19. The van der Waals surface area contributed by atoms with Crippen LogP contribution in [-0.2, 0) is 4.74 Å². The monoisotopic (exact) mass is 262 g/mol. The second-order valence-corrected chi connectivity index (χ2v) is 5.19. The fourth-order valence-corrected chi connectivity index (χ4v) is 1.59. The van der Waals surface area contributed by atoms with Crippen molar-refractivity contribution in [2.45, 2.75) is 26.4 Å². The number of carbonyl (C=O) groups excluding carboxylic acids is 1. The number of benzene rings is 1. The zero-order valence-corrected chi connectivity index (χ0v) is 11.0. The van der Waals surface area contributed by atoms with Crippen LogP contribution in [0.25, 0.3) is 10.8 Å². The summed E-state index contributed by atoms with van der Waals surface area (Å²) in [6, 6.07) is 6.05. The molecular formula is C14H15FN2O2. The Kier molecular flexibility index (Phi) is 3.38. The first-order valence-corrected chi connectivity index (χ1v) is 5.89. The Balaban J connectivity index is 2.18. The Morgan fingerprint density at radius 2 is 2.00 bits per heavy atom. The molecule has 5 heteroatoms. The topological polar surface area (TPSA) is 51.2 Å². The van der Waals surface area contributed by atoms with Gasteiger partial charge >= 0.3 is 6.09 Å². The van der Waals surface area contributed by atoms with Crippen LogP contribution in [0, 0.1) is 5.82 Å². The SMILES string of the molecule is CC(C)(C)OC(=O)Nc1cc2ccc(F)cc2cn1. The van der Waals surface area contributed by atoms with E-state index in [-0.39, 0.29) is 5.82 Å². The Bertz CT molecular complexity index is 620. The molecule has 0 bridgehead atoms. The van der Waals surface area contributed by atoms with Crippen molar-refractivity contribution < 1.29 is 13.9 Å². The van der Waals surface area contributed by atoms with Gasteiger partial charge in [0, 0.05) is 11.6 Å². The third kappa shape index (κ3) is 3.64. The standard InChI is InChI=1S/C14H15FN2O2/c1-14(2,3)19-13(18)17-12-7-9-4-5-11(15)6-10(9)8-16-12/h4-8H,1-3H3,(H,16,17,18). The van der Waals surface area contributed by atoms with Gasteiger partial charge in [0.2, 0.25) is 0 Å². The fraction of sp³-hybridized carbons (Fsp3) is 0.286. The van der Waals surface area contributed by atoms with Crippen LogP contribution >= 0.6 is 0 Å². The maximum atomic E-state index is 13.0. The first-order chi connectivity index (χ1) is 8.83. The highest BCUT2D eigenvalue weighted by Crippen LogP contribution is 2.18. The van der Waals surface area contributed by atoms with E-state index in [1.54, 1.807) is 32.9 Å². The van der Waals surface area contributed by atoms with Crippen molar-refractivity contribution in [3.63, 3.8) is 0 Å². The van der Waals surface area contributed by atoms with Crippen LogP contribution in [-0.4, -0.2) is 16.7 Å². The maximum Gasteiger partial charge on any atom is 0.413 e. The number of anilines is 1. The number of fused-ring (bicyclic) bond motifs is 1. The zero-order valence-electron chi connectivity index (χ0n) is 11.0. The quantitative estimate of drug-likeness (QED) is 0.852. The summed E-state index contributed by atoms with van der Waals surface area (Å²) in [6.45, 7) is 5.34. The molecule has 0 aliphatic rings. The number of aromatic nitrogens is 1. The molecule has 2 aromatic rings. The van der Waals surface area contributed by atoms with Crippen molar-refractivity contribution in [2.24, 2.45) is 0 Å². The van der Waals surface area contributed by atoms with Crippen LogP contribution in [0.1, 0.15) is 20.8 Å². The molecule has 100 valence electrons. The molecule has 0 fully saturated rings. The van der Waals surface area contributed by atoms with Crippen molar-refractivity contribution in [3.05, 3.63) is 36.3 Å². The van der Waals surface area contributed by atoms with Gasteiger partial charge in [-0.15, -0.1) is 0 Å². The Labute approximate surface area is 110 Å². The minimum atomic E-state index is -0.568.